The van der Waals surface area contributed by atoms with Gasteiger partial charge in [-0.2, -0.15) is 5.10 Å². The van der Waals surface area contributed by atoms with E-state index < -0.39 is 0 Å². The molecule has 2 aromatic heterocycles. The van der Waals surface area contributed by atoms with E-state index in [1.165, 1.54) is 0 Å². The summed E-state index contributed by atoms with van der Waals surface area (Å²) in [6.07, 6.45) is 3.42. The molecule has 3 aromatic rings. The van der Waals surface area contributed by atoms with E-state index in [9.17, 15) is 0 Å². The van der Waals surface area contributed by atoms with Crippen LogP contribution in [0.5, 0.6) is 0 Å². The lowest BCUT2D eigenvalue weighted by molar-refractivity contribution is 1.03. The lowest BCUT2D eigenvalue weighted by Crippen LogP contribution is -1.98. The Bertz CT molecular complexity index is 811. The average molecular weight is 323 g/mol. The average Bonchev–Trinajstić information content (AvgIpc) is 2.85. The quantitative estimate of drug-likeness (QED) is 0.715. The zero-order valence-electron chi connectivity index (χ0n) is 10.0. The molecule has 0 aliphatic heterocycles. The maximum absolute atomic E-state index is 6.06. The van der Waals surface area contributed by atoms with Gasteiger partial charge in [0.2, 0.25) is 0 Å². The van der Waals surface area contributed by atoms with Crippen molar-refractivity contribution < 1.29 is 0 Å². The van der Waals surface area contributed by atoms with Crippen LogP contribution < -0.4 is 0 Å². The molecule has 20 heavy (non-hydrogen) atoms. The Morgan fingerprint density at radius 2 is 2.00 bits per heavy atom. The first kappa shape index (κ1) is 13.3. The van der Waals surface area contributed by atoms with Crippen molar-refractivity contribution >= 4 is 35.4 Å². The van der Waals surface area contributed by atoms with Gasteiger partial charge in [0, 0.05) is 18.0 Å². The van der Waals surface area contributed by atoms with Crippen molar-refractivity contribution in [3.05, 3.63) is 57.5 Å². The number of aromatic nitrogens is 4. The van der Waals surface area contributed by atoms with E-state index in [4.69, 9.17) is 35.4 Å². The van der Waals surface area contributed by atoms with E-state index in [2.05, 4.69) is 15.2 Å². The summed E-state index contributed by atoms with van der Waals surface area (Å²) in [4.78, 5) is 4.09. The molecule has 0 saturated heterocycles. The number of hydrogen-bond donors (Lipinski definition) is 1. The molecule has 2 heterocycles. The van der Waals surface area contributed by atoms with E-state index in [0.29, 0.717) is 20.6 Å². The fourth-order valence-electron chi connectivity index (χ4n) is 1.85. The molecular weight excluding hydrogens is 315 g/mol. The molecular formula is C13H8Cl2N4S. The molecule has 1 N–H and O–H groups in total. The van der Waals surface area contributed by atoms with Crippen LogP contribution in [0.4, 0.5) is 0 Å². The van der Waals surface area contributed by atoms with Gasteiger partial charge in [0.05, 0.1) is 15.7 Å². The number of halogens is 2. The first-order valence-corrected chi connectivity index (χ1v) is 6.86. The van der Waals surface area contributed by atoms with Gasteiger partial charge in [-0.15, -0.1) is 0 Å². The Hall–Kier alpha value is -1.69. The van der Waals surface area contributed by atoms with Gasteiger partial charge in [-0.25, -0.2) is 0 Å². The second kappa shape index (κ2) is 5.36. The van der Waals surface area contributed by atoms with E-state index >= 15 is 0 Å². The third kappa shape index (κ3) is 2.35. The number of aromatic amines is 1. The molecule has 0 bridgehead atoms. The van der Waals surface area contributed by atoms with Crippen LogP contribution in [0.25, 0.3) is 17.1 Å². The van der Waals surface area contributed by atoms with E-state index in [1.54, 1.807) is 29.1 Å². The highest BCUT2D eigenvalue weighted by atomic mass is 35.5. The summed E-state index contributed by atoms with van der Waals surface area (Å²) >= 11 is 17.3. The van der Waals surface area contributed by atoms with Gasteiger partial charge in [0.1, 0.15) is 0 Å². The Labute approximate surface area is 130 Å². The van der Waals surface area contributed by atoms with Crippen molar-refractivity contribution in [3.63, 3.8) is 0 Å². The molecule has 0 radical (unpaired) electrons. The molecule has 100 valence electrons. The highest BCUT2D eigenvalue weighted by molar-refractivity contribution is 7.71. The van der Waals surface area contributed by atoms with E-state index in [-0.39, 0.29) is 0 Å². The summed E-state index contributed by atoms with van der Waals surface area (Å²) in [5.41, 5.74) is 1.64. The summed E-state index contributed by atoms with van der Waals surface area (Å²) in [5.74, 6) is 0.668. The van der Waals surface area contributed by atoms with Gasteiger partial charge in [-0.1, -0.05) is 23.2 Å². The number of pyridine rings is 1. The summed E-state index contributed by atoms with van der Waals surface area (Å²) in [6, 6.07) is 9.05. The molecule has 0 spiro atoms. The highest BCUT2D eigenvalue weighted by Gasteiger charge is 2.11. The number of benzene rings is 1. The van der Waals surface area contributed by atoms with Gasteiger partial charge >= 0.3 is 0 Å². The molecule has 0 aliphatic rings. The number of rotatable bonds is 2. The SMILES string of the molecule is S=c1[nH]nc(-c2cccnc2)n1-c1ccc(Cl)c(Cl)c1. The molecule has 0 amide bonds. The zero-order valence-corrected chi connectivity index (χ0v) is 12.4. The highest BCUT2D eigenvalue weighted by Crippen LogP contribution is 2.27. The normalized spacial score (nSPS) is 10.7. The van der Waals surface area contributed by atoms with Gasteiger partial charge < -0.3 is 0 Å². The van der Waals surface area contributed by atoms with Crippen LogP contribution in [0.15, 0.2) is 42.7 Å². The van der Waals surface area contributed by atoms with E-state index in [0.717, 1.165) is 11.3 Å². The van der Waals surface area contributed by atoms with Crippen LogP contribution >= 0.6 is 35.4 Å². The predicted molar refractivity (Wildman–Crippen MR) is 82.0 cm³/mol. The molecule has 0 saturated carbocycles. The number of nitrogens with zero attached hydrogens (tertiary/aromatic N) is 3. The lowest BCUT2D eigenvalue weighted by Gasteiger charge is -2.07. The van der Waals surface area contributed by atoms with Crippen LogP contribution in [0, 0.1) is 4.77 Å². The van der Waals surface area contributed by atoms with Crippen molar-refractivity contribution in [2.45, 2.75) is 0 Å². The monoisotopic (exact) mass is 322 g/mol. The van der Waals surface area contributed by atoms with Crippen LogP contribution in [0.2, 0.25) is 10.0 Å². The molecule has 4 nitrogen and oxygen atoms in total. The maximum atomic E-state index is 6.06. The second-order valence-electron chi connectivity index (χ2n) is 4.03. The van der Waals surface area contributed by atoms with Crippen LogP contribution in [0.1, 0.15) is 0 Å². The minimum atomic E-state index is 0.462. The third-order valence-electron chi connectivity index (χ3n) is 2.75. The smallest absolute Gasteiger partial charge is 0.200 e. The largest absolute Gasteiger partial charge is 0.268 e. The summed E-state index contributed by atoms with van der Waals surface area (Å²) in [7, 11) is 0. The molecule has 7 heteroatoms. The second-order valence-corrected chi connectivity index (χ2v) is 5.23. The molecule has 0 unspecified atom stereocenters. The zero-order chi connectivity index (χ0) is 14.1. The molecule has 3 rings (SSSR count). The maximum Gasteiger partial charge on any atom is 0.200 e. The van der Waals surface area contributed by atoms with Crippen LogP contribution in [-0.2, 0) is 0 Å². The number of hydrogen-bond acceptors (Lipinski definition) is 3. The predicted octanol–water partition coefficient (Wildman–Crippen LogP) is 4.30. The standard InChI is InChI=1S/C13H8Cl2N4S/c14-10-4-3-9(6-11(10)15)19-12(17-18-13(19)20)8-2-1-5-16-7-8/h1-7H,(H,18,20). The Kier molecular flexibility index (Phi) is 3.56. The molecule has 0 aliphatic carbocycles. The fraction of sp³-hybridized carbons (Fsp3) is 0. The lowest BCUT2D eigenvalue weighted by atomic mass is 10.2. The minimum Gasteiger partial charge on any atom is -0.268 e. The van der Waals surface area contributed by atoms with Crippen molar-refractivity contribution in [1.29, 1.82) is 0 Å². The minimum absolute atomic E-state index is 0.462. The number of nitrogens with one attached hydrogen (secondary N) is 1. The third-order valence-corrected chi connectivity index (χ3v) is 3.77. The van der Waals surface area contributed by atoms with E-state index in [1.807, 2.05) is 18.2 Å². The van der Waals surface area contributed by atoms with Gasteiger partial charge in [0.25, 0.3) is 0 Å². The summed E-state index contributed by atoms with van der Waals surface area (Å²) < 4.78 is 2.26. The van der Waals surface area contributed by atoms with Gasteiger partial charge in [-0.05, 0) is 42.5 Å². The Balaban J connectivity index is 2.22. The van der Waals surface area contributed by atoms with Gasteiger partial charge in [-0.3, -0.25) is 14.6 Å². The number of H-pyrrole nitrogens is 1. The Morgan fingerprint density at radius 1 is 1.15 bits per heavy atom. The van der Waals surface area contributed by atoms with Crippen LogP contribution in [0.3, 0.4) is 0 Å². The van der Waals surface area contributed by atoms with Crippen LogP contribution in [-0.4, -0.2) is 19.7 Å². The topological polar surface area (TPSA) is 46.5 Å². The van der Waals surface area contributed by atoms with Crippen molar-refractivity contribution in [1.82, 2.24) is 19.7 Å². The molecule has 0 fully saturated rings. The summed E-state index contributed by atoms with van der Waals surface area (Å²) in [6.45, 7) is 0. The summed E-state index contributed by atoms with van der Waals surface area (Å²) in [5, 5.41) is 7.98. The van der Waals surface area contributed by atoms with Crippen molar-refractivity contribution in [3.8, 4) is 17.1 Å². The molecule has 1 aromatic carbocycles. The van der Waals surface area contributed by atoms with Crippen molar-refractivity contribution in [2.24, 2.45) is 0 Å². The Morgan fingerprint density at radius 3 is 2.70 bits per heavy atom. The first-order valence-electron chi connectivity index (χ1n) is 5.70. The first-order chi connectivity index (χ1) is 9.66. The van der Waals surface area contributed by atoms with Crippen molar-refractivity contribution in [2.75, 3.05) is 0 Å². The van der Waals surface area contributed by atoms with Gasteiger partial charge in [0.15, 0.2) is 10.6 Å². The molecule has 0 atom stereocenters. The fourth-order valence-corrected chi connectivity index (χ4v) is 2.38.